The molecule has 4 heteroatoms. The largest absolute Gasteiger partial charge is 0.308 e. The third-order valence-electron chi connectivity index (χ3n) is 3.94. The normalized spacial score (nSPS) is 19.3. The number of nitrogens with zero attached hydrogens (tertiary/aromatic N) is 3. The molecule has 4 nitrogen and oxygen atoms in total. The number of rotatable bonds is 4. The zero-order valence-corrected chi connectivity index (χ0v) is 12.1. The maximum atomic E-state index is 4.23. The Morgan fingerprint density at radius 2 is 2.06 bits per heavy atom. The quantitative estimate of drug-likeness (QED) is 0.893. The van der Waals surface area contributed by atoms with Crippen LogP contribution in [0.25, 0.3) is 0 Å². The fraction of sp³-hybridized carbons (Fsp3) is 0.857. The van der Waals surface area contributed by atoms with E-state index >= 15 is 0 Å². The molecule has 2 rings (SSSR count). The van der Waals surface area contributed by atoms with Crippen LogP contribution in [0.5, 0.6) is 0 Å². The Morgan fingerprint density at radius 3 is 2.61 bits per heavy atom. The lowest BCUT2D eigenvalue weighted by Gasteiger charge is -2.19. The average Bonchev–Trinajstić information content (AvgIpc) is 2.96. The second-order valence-electron chi connectivity index (χ2n) is 6.54. The van der Waals surface area contributed by atoms with Gasteiger partial charge < -0.3 is 5.32 Å². The van der Waals surface area contributed by atoms with Gasteiger partial charge in [-0.3, -0.25) is 0 Å². The molecule has 1 aromatic heterocycles. The van der Waals surface area contributed by atoms with E-state index in [1.54, 1.807) is 0 Å². The zero-order valence-electron chi connectivity index (χ0n) is 12.1. The van der Waals surface area contributed by atoms with E-state index in [1.807, 2.05) is 10.9 Å². The fourth-order valence-corrected chi connectivity index (χ4v) is 2.60. The summed E-state index contributed by atoms with van der Waals surface area (Å²) in [6.45, 7) is 9.54. The van der Waals surface area contributed by atoms with Crippen molar-refractivity contribution in [1.29, 1.82) is 0 Å². The smallest absolute Gasteiger partial charge is 0.0965 e. The predicted octanol–water partition coefficient (Wildman–Crippen LogP) is 2.70. The number of hydrogen-bond acceptors (Lipinski definition) is 3. The van der Waals surface area contributed by atoms with Gasteiger partial charge in [-0.2, -0.15) is 0 Å². The van der Waals surface area contributed by atoms with Crippen LogP contribution in [0.2, 0.25) is 0 Å². The van der Waals surface area contributed by atoms with E-state index in [1.165, 1.54) is 25.7 Å². The van der Waals surface area contributed by atoms with E-state index in [0.29, 0.717) is 6.04 Å². The molecule has 0 aliphatic heterocycles. The molecule has 1 aliphatic carbocycles. The average molecular weight is 250 g/mol. The van der Waals surface area contributed by atoms with Gasteiger partial charge in [0.2, 0.25) is 0 Å². The molecule has 1 aliphatic rings. The van der Waals surface area contributed by atoms with Gasteiger partial charge in [0.05, 0.1) is 17.4 Å². The van der Waals surface area contributed by atoms with Gasteiger partial charge in [-0.15, -0.1) is 5.10 Å². The Labute approximate surface area is 110 Å². The SMILES string of the molecule is CC(NCc1cn(C(C)(C)C)nn1)C1CCCC1. The second kappa shape index (κ2) is 5.39. The van der Waals surface area contributed by atoms with E-state index < -0.39 is 0 Å². The van der Waals surface area contributed by atoms with E-state index in [0.717, 1.165) is 18.2 Å². The van der Waals surface area contributed by atoms with Crippen molar-refractivity contribution < 1.29 is 0 Å². The minimum Gasteiger partial charge on any atom is -0.308 e. The summed E-state index contributed by atoms with van der Waals surface area (Å²) in [6, 6.07) is 0.590. The first kappa shape index (κ1) is 13.5. The molecule has 18 heavy (non-hydrogen) atoms. The lowest BCUT2D eigenvalue weighted by molar-refractivity contribution is 0.346. The van der Waals surface area contributed by atoms with E-state index in [9.17, 15) is 0 Å². The first-order chi connectivity index (χ1) is 8.47. The van der Waals surface area contributed by atoms with Crippen LogP contribution in [0.15, 0.2) is 6.20 Å². The summed E-state index contributed by atoms with van der Waals surface area (Å²) in [7, 11) is 0. The first-order valence-corrected chi connectivity index (χ1v) is 7.12. The molecule has 0 amide bonds. The molecule has 1 N–H and O–H groups in total. The van der Waals surface area contributed by atoms with Crippen molar-refractivity contribution in [3.63, 3.8) is 0 Å². The highest BCUT2D eigenvalue weighted by Gasteiger charge is 2.21. The van der Waals surface area contributed by atoms with Crippen LogP contribution >= 0.6 is 0 Å². The monoisotopic (exact) mass is 250 g/mol. The molecule has 0 spiro atoms. The van der Waals surface area contributed by atoms with Crippen molar-refractivity contribution in [3.05, 3.63) is 11.9 Å². The Hall–Kier alpha value is -0.900. The Balaban J connectivity index is 1.84. The van der Waals surface area contributed by atoms with Gasteiger partial charge in [-0.05, 0) is 46.5 Å². The zero-order chi connectivity index (χ0) is 13.2. The summed E-state index contributed by atoms with van der Waals surface area (Å²) in [5.41, 5.74) is 1.05. The summed E-state index contributed by atoms with van der Waals surface area (Å²) in [5.74, 6) is 0.850. The number of nitrogens with one attached hydrogen (secondary N) is 1. The van der Waals surface area contributed by atoms with E-state index in [-0.39, 0.29) is 5.54 Å². The highest BCUT2D eigenvalue weighted by atomic mass is 15.4. The molecule has 0 radical (unpaired) electrons. The molecule has 102 valence electrons. The van der Waals surface area contributed by atoms with Gasteiger partial charge in [-0.1, -0.05) is 18.1 Å². The molecule has 1 fully saturated rings. The molecule has 1 atom stereocenters. The lowest BCUT2D eigenvalue weighted by Crippen LogP contribution is -2.31. The minimum absolute atomic E-state index is 0.0162. The van der Waals surface area contributed by atoms with Crippen LogP contribution in [0.4, 0.5) is 0 Å². The van der Waals surface area contributed by atoms with Crippen molar-refractivity contribution in [2.75, 3.05) is 0 Å². The van der Waals surface area contributed by atoms with Crippen LogP contribution in [0.3, 0.4) is 0 Å². The van der Waals surface area contributed by atoms with Gasteiger partial charge in [0.1, 0.15) is 0 Å². The van der Waals surface area contributed by atoms with Gasteiger partial charge in [0.25, 0.3) is 0 Å². The summed E-state index contributed by atoms with van der Waals surface area (Å²) >= 11 is 0. The topological polar surface area (TPSA) is 42.7 Å². The second-order valence-corrected chi connectivity index (χ2v) is 6.54. The van der Waals surface area contributed by atoms with Crippen molar-refractivity contribution >= 4 is 0 Å². The fourth-order valence-electron chi connectivity index (χ4n) is 2.60. The molecule has 0 bridgehead atoms. The van der Waals surface area contributed by atoms with Crippen molar-refractivity contribution in [3.8, 4) is 0 Å². The Morgan fingerprint density at radius 1 is 1.39 bits per heavy atom. The van der Waals surface area contributed by atoms with Gasteiger partial charge in [0, 0.05) is 12.6 Å². The summed E-state index contributed by atoms with van der Waals surface area (Å²) < 4.78 is 1.93. The Kier molecular flexibility index (Phi) is 4.05. The minimum atomic E-state index is 0.0162. The van der Waals surface area contributed by atoms with E-state index in [2.05, 4.69) is 43.3 Å². The standard InChI is InChI=1S/C14H26N4/c1-11(12-7-5-6-8-12)15-9-13-10-18(17-16-13)14(2,3)4/h10-12,15H,5-9H2,1-4H3. The highest BCUT2D eigenvalue weighted by Crippen LogP contribution is 2.27. The van der Waals surface area contributed by atoms with Crippen molar-refractivity contribution in [1.82, 2.24) is 20.3 Å². The van der Waals surface area contributed by atoms with E-state index in [4.69, 9.17) is 0 Å². The van der Waals surface area contributed by atoms with Gasteiger partial charge in [-0.25, -0.2) is 4.68 Å². The number of aromatic nitrogens is 3. The lowest BCUT2D eigenvalue weighted by atomic mass is 10.00. The highest BCUT2D eigenvalue weighted by molar-refractivity contribution is 4.95. The van der Waals surface area contributed by atoms with Crippen molar-refractivity contribution in [2.45, 2.75) is 71.5 Å². The maximum Gasteiger partial charge on any atom is 0.0965 e. The van der Waals surface area contributed by atoms with Crippen LogP contribution in [-0.2, 0) is 12.1 Å². The summed E-state index contributed by atoms with van der Waals surface area (Å²) in [6.07, 6.45) is 7.61. The molecule has 1 aromatic rings. The molecule has 1 heterocycles. The van der Waals surface area contributed by atoms with Crippen molar-refractivity contribution in [2.24, 2.45) is 5.92 Å². The third-order valence-corrected chi connectivity index (χ3v) is 3.94. The third kappa shape index (κ3) is 3.31. The predicted molar refractivity (Wildman–Crippen MR) is 73.3 cm³/mol. The molecule has 1 unspecified atom stereocenters. The molecule has 1 saturated carbocycles. The molecule has 0 saturated heterocycles. The van der Waals surface area contributed by atoms with Gasteiger partial charge in [0.15, 0.2) is 0 Å². The summed E-state index contributed by atoms with van der Waals surface area (Å²) in [4.78, 5) is 0. The van der Waals surface area contributed by atoms with Crippen LogP contribution in [0.1, 0.15) is 59.1 Å². The van der Waals surface area contributed by atoms with Gasteiger partial charge >= 0.3 is 0 Å². The maximum absolute atomic E-state index is 4.23. The molecular formula is C14H26N4. The summed E-state index contributed by atoms with van der Waals surface area (Å²) in [5, 5.41) is 12.0. The Bertz CT molecular complexity index is 371. The number of hydrogen-bond donors (Lipinski definition) is 1. The molecular weight excluding hydrogens is 224 g/mol. The van der Waals surface area contributed by atoms with Crippen LogP contribution in [-0.4, -0.2) is 21.0 Å². The van der Waals surface area contributed by atoms with Crippen LogP contribution in [0, 0.1) is 5.92 Å². The van der Waals surface area contributed by atoms with Crippen LogP contribution < -0.4 is 5.32 Å². The first-order valence-electron chi connectivity index (χ1n) is 7.12. The molecule has 0 aromatic carbocycles.